The minimum Gasteiger partial charge on any atom is -0.342 e. The Labute approximate surface area is 165 Å². The third kappa shape index (κ3) is 6.10. The lowest BCUT2D eigenvalue weighted by molar-refractivity contribution is -0.133. The van der Waals surface area contributed by atoms with Crippen LogP contribution < -0.4 is 4.72 Å². The number of rotatable bonds is 8. The van der Waals surface area contributed by atoms with Crippen molar-refractivity contribution in [2.24, 2.45) is 5.92 Å². The van der Waals surface area contributed by atoms with E-state index in [9.17, 15) is 13.2 Å². The summed E-state index contributed by atoms with van der Waals surface area (Å²) >= 11 is 0. The topological polar surface area (TPSA) is 110 Å². The van der Waals surface area contributed by atoms with Crippen LogP contribution in [0, 0.1) is 5.92 Å². The second kappa shape index (κ2) is 9.24. The van der Waals surface area contributed by atoms with Crippen LogP contribution in [-0.2, 0) is 21.4 Å². The zero-order valence-electron chi connectivity index (χ0n) is 16.0. The maximum atomic E-state index is 12.5. The summed E-state index contributed by atoms with van der Waals surface area (Å²) in [5.74, 6) is 0.828. The number of hydrogen-bond donors (Lipinski definition) is 1. The number of benzene rings is 1. The van der Waals surface area contributed by atoms with Crippen LogP contribution in [0.3, 0.4) is 0 Å². The molecule has 2 heterocycles. The Hall–Kier alpha value is -2.33. The molecule has 1 aliphatic heterocycles. The Kier molecular flexibility index (Phi) is 6.74. The van der Waals surface area contributed by atoms with E-state index >= 15 is 0 Å². The fraction of sp³-hybridized carbons (Fsp3) is 0.556. The van der Waals surface area contributed by atoms with Gasteiger partial charge in [0.1, 0.15) is 0 Å². The highest BCUT2D eigenvalue weighted by atomic mass is 32.2. The van der Waals surface area contributed by atoms with Gasteiger partial charge in [-0.2, -0.15) is 4.80 Å². The molecule has 1 aromatic carbocycles. The second-order valence-corrected chi connectivity index (χ2v) is 8.98. The van der Waals surface area contributed by atoms with Crippen molar-refractivity contribution in [3.63, 3.8) is 0 Å². The molecule has 9 nitrogen and oxygen atoms in total. The van der Waals surface area contributed by atoms with Crippen LogP contribution in [0.1, 0.15) is 25.7 Å². The molecule has 0 saturated carbocycles. The molecule has 28 heavy (non-hydrogen) atoms. The van der Waals surface area contributed by atoms with Crippen molar-refractivity contribution in [1.82, 2.24) is 29.8 Å². The third-order valence-electron chi connectivity index (χ3n) is 4.74. The number of hydrogen-bond acceptors (Lipinski definition) is 6. The normalized spacial score (nSPS) is 17.6. The summed E-state index contributed by atoms with van der Waals surface area (Å²) in [6.07, 6.45) is 4.02. The fourth-order valence-electron chi connectivity index (χ4n) is 3.30. The van der Waals surface area contributed by atoms with E-state index in [2.05, 4.69) is 20.1 Å². The Bertz CT molecular complexity index is 884. The lowest BCUT2D eigenvalue weighted by Crippen LogP contribution is -2.43. The van der Waals surface area contributed by atoms with E-state index in [4.69, 9.17) is 0 Å². The molecular weight excluding hydrogens is 380 g/mol. The summed E-state index contributed by atoms with van der Waals surface area (Å²) in [4.78, 5) is 15.8. The number of nitrogens with one attached hydrogen (secondary N) is 1. The van der Waals surface area contributed by atoms with Crippen molar-refractivity contribution in [3.8, 4) is 11.4 Å². The smallest absolute Gasteiger partial charge is 0.222 e. The van der Waals surface area contributed by atoms with Crippen LogP contribution in [0.4, 0.5) is 0 Å². The molecule has 1 fully saturated rings. The predicted molar refractivity (Wildman–Crippen MR) is 105 cm³/mol. The van der Waals surface area contributed by atoms with Crippen molar-refractivity contribution in [3.05, 3.63) is 30.3 Å². The van der Waals surface area contributed by atoms with Crippen LogP contribution in [0.15, 0.2) is 30.3 Å². The lowest BCUT2D eigenvalue weighted by atomic mass is 9.98. The Morgan fingerprint density at radius 1 is 1.29 bits per heavy atom. The number of nitrogens with zero attached hydrogens (tertiary/aromatic N) is 5. The minimum absolute atomic E-state index is 0.0902. The number of carbonyl (C=O) groups is 1. The van der Waals surface area contributed by atoms with Gasteiger partial charge in [-0.05, 0) is 30.4 Å². The molecule has 1 amide bonds. The molecule has 1 saturated heterocycles. The van der Waals surface area contributed by atoms with Gasteiger partial charge in [0.2, 0.25) is 21.8 Å². The summed E-state index contributed by atoms with van der Waals surface area (Å²) in [6.45, 7) is 2.24. The Balaban J connectivity index is 1.43. The second-order valence-electron chi connectivity index (χ2n) is 7.15. The first-order valence-electron chi connectivity index (χ1n) is 9.46. The summed E-state index contributed by atoms with van der Waals surface area (Å²) in [5, 5.41) is 12.5. The summed E-state index contributed by atoms with van der Waals surface area (Å²) < 4.78 is 25.0. The van der Waals surface area contributed by atoms with Gasteiger partial charge in [0.15, 0.2) is 0 Å². The van der Waals surface area contributed by atoms with Crippen molar-refractivity contribution in [1.29, 1.82) is 0 Å². The van der Waals surface area contributed by atoms with E-state index in [-0.39, 0.29) is 11.8 Å². The van der Waals surface area contributed by atoms with Crippen LogP contribution in [0.5, 0.6) is 0 Å². The minimum atomic E-state index is -3.20. The van der Waals surface area contributed by atoms with Crippen molar-refractivity contribution < 1.29 is 13.2 Å². The number of carbonyl (C=O) groups excluding carboxylic acids is 1. The van der Waals surface area contributed by atoms with E-state index < -0.39 is 10.0 Å². The number of piperidine rings is 1. The number of sulfonamides is 1. The highest BCUT2D eigenvalue weighted by Gasteiger charge is 2.24. The molecule has 10 heteroatoms. The molecular formula is C18H26N6O3S. The van der Waals surface area contributed by atoms with Gasteiger partial charge in [-0.1, -0.05) is 30.3 Å². The van der Waals surface area contributed by atoms with Crippen LogP contribution in [0.2, 0.25) is 0 Å². The third-order valence-corrected chi connectivity index (χ3v) is 5.43. The molecule has 0 spiro atoms. The molecule has 0 aliphatic carbocycles. The van der Waals surface area contributed by atoms with Gasteiger partial charge in [-0.3, -0.25) is 4.79 Å². The van der Waals surface area contributed by atoms with Crippen LogP contribution in [-0.4, -0.2) is 65.3 Å². The van der Waals surface area contributed by atoms with E-state index in [0.29, 0.717) is 38.3 Å². The molecule has 1 aliphatic rings. The van der Waals surface area contributed by atoms with Gasteiger partial charge in [0.05, 0.1) is 12.8 Å². The number of aryl methyl sites for hydroxylation is 1. The summed E-state index contributed by atoms with van der Waals surface area (Å²) in [5.41, 5.74) is 0.909. The first kappa shape index (κ1) is 20.4. The molecule has 0 bridgehead atoms. The van der Waals surface area contributed by atoms with Crippen LogP contribution in [0.25, 0.3) is 11.4 Å². The Morgan fingerprint density at radius 2 is 2.07 bits per heavy atom. The van der Waals surface area contributed by atoms with Gasteiger partial charge in [-0.25, -0.2) is 13.1 Å². The number of amides is 1. The highest BCUT2D eigenvalue weighted by molar-refractivity contribution is 7.88. The molecule has 1 aromatic heterocycles. The maximum Gasteiger partial charge on any atom is 0.222 e. The van der Waals surface area contributed by atoms with Gasteiger partial charge in [-0.15, -0.1) is 10.2 Å². The van der Waals surface area contributed by atoms with Gasteiger partial charge < -0.3 is 4.90 Å². The quantitative estimate of drug-likeness (QED) is 0.698. The van der Waals surface area contributed by atoms with E-state index in [0.717, 1.165) is 31.2 Å². The maximum absolute atomic E-state index is 12.5. The molecule has 1 unspecified atom stereocenters. The fourth-order valence-corrected chi connectivity index (χ4v) is 3.84. The van der Waals surface area contributed by atoms with Crippen molar-refractivity contribution in [2.75, 3.05) is 25.9 Å². The highest BCUT2D eigenvalue weighted by Crippen LogP contribution is 2.17. The van der Waals surface area contributed by atoms with Gasteiger partial charge in [0, 0.05) is 31.6 Å². The lowest BCUT2D eigenvalue weighted by Gasteiger charge is -2.32. The van der Waals surface area contributed by atoms with Crippen molar-refractivity contribution >= 4 is 15.9 Å². The first-order valence-corrected chi connectivity index (χ1v) is 11.4. The van der Waals surface area contributed by atoms with Crippen molar-refractivity contribution in [2.45, 2.75) is 32.2 Å². The number of aromatic nitrogens is 4. The first-order chi connectivity index (χ1) is 13.4. The predicted octanol–water partition coefficient (Wildman–Crippen LogP) is 0.908. The molecule has 0 radical (unpaired) electrons. The molecule has 2 aromatic rings. The molecule has 3 rings (SSSR count). The summed E-state index contributed by atoms with van der Waals surface area (Å²) in [7, 11) is -3.20. The van der Waals surface area contributed by atoms with E-state index in [1.807, 2.05) is 35.2 Å². The van der Waals surface area contributed by atoms with Crippen LogP contribution >= 0.6 is 0 Å². The largest absolute Gasteiger partial charge is 0.342 e. The van der Waals surface area contributed by atoms with Gasteiger partial charge >= 0.3 is 0 Å². The average Bonchev–Trinajstić information content (AvgIpc) is 3.16. The van der Waals surface area contributed by atoms with E-state index in [1.165, 1.54) is 4.80 Å². The van der Waals surface area contributed by atoms with Gasteiger partial charge in [0.25, 0.3) is 0 Å². The molecule has 152 valence electrons. The average molecular weight is 407 g/mol. The molecule has 1 N–H and O–H groups in total. The zero-order chi connectivity index (χ0) is 20.0. The number of tetrazole rings is 1. The number of likely N-dealkylation sites (tertiary alicyclic amines) is 1. The Morgan fingerprint density at radius 3 is 2.82 bits per heavy atom. The standard InChI is InChI=1S/C18H26N6O3S/c1-28(26,27)19-13-15-7-5-11-23(14-15)17(25)10-6-12-24-21-18(20-22-24)16-8-3-2-4-9-16/h2-4,8-9,15,19H,5-7,10-14H2,1H3. The summed E-state index contributed by atoms with van der Waals surface area (Å²) in [6, 6.07) is 9.63. The monoisotopic (exact) mass is 406 g/mol. The SMILES string of the molecule is CS(=O)(=O)NCC1CCCN(C(=O)CCCn2nnc(-c3ccccc3)n2)C1. The van der Waals surface area contributed by atoms with E-state index in [1.54, 1.807) is 0 Å². The molecule has 1 atom stereocenters. The zero-order valence-corrected chi connectivity index (χ0v) is 16.8.